The number of hydrogen-bond donors (Lipinski definition) is 1. The maximum absolute atomic E-state index is 4.39. The van der Waals surface area contributed by atoms with E-state index in [1.807, 2.05) is 32.4 Å². The summed E-state index contributed by atoms with van der Waals surface area (Å²) >= 11 is 0. The lowest BCUT2D eigenvalue weighted by Gasteiger charge is -2.04. The van der Waals surface area contributed by atoms with E-state index in [0.717, 1.165) is 24.0 Å². The average Bonchev–Trinajstić information content (AvgIpc) is 2.73. The number of aromatic nitrogens is 4. The summed E-state index contributed by atoms with van der Waals surface area (Å²) in [5.74, 6) is 1.66. The van der Waals surface area contributed by atoms with Gasteiger partial charge < -0.3 is 9.88 Å². The number of nitrogens with zero attached hydrogens (tertiary/aromatic N) is 4. The van der Waals surface area contributed by atoms with Gasteiger partial charge in [-0.1, -0.05) is 0 Å². The molecular weight excluding hydrogens is 190 g/mol. The van der Waals surface area contributed by atoms with Crippen molar-refractivity contribution in [2.75, 3.05) is 5.32 Å². The molecule has 15 heavy (non-hydrogen) atoms. The lowest BCUT2D eigenvalue weighted by molar-refractivity contribution is 0.758. The molecule has 0 bridgehead atoms. The van der Waals surface area contributed by atoms with Crippen LogP contribution in [0, 0.1) is 6.92 Å². The summed E-state index contributed by atoms with van der Waals surface area (Å²) in [5.41, 5.74) is 1.01. The first-order valence-electron chi connectivity index (χ1n) is 4.99. The Bertz CT molecular complexity index is 454. The van der Waals surface area contributed by atoms with Crippen LogP contribution in [0.2, 0.25) is 0 Å². The second kappa shape index (κ2) is 3.76. The van der Waals surface area contributed by atoms with Gasteiger partial charge in [-0.3, -0.25) is 4.68 Å². The van der Waals surface area contributed by atoms with Gasteiger partial charge in [-0.05, 0) is 13.8 Å². The smallest absolute Gasteiger partial charge is 0.208 e. The van der Waals surface area contributed by atoms with Crippen LogP contribution in [0.3, 0.4) is 0 Å². The van der Waals surface area contributed by atoms with E-state index in [2.05, 4.69) is 26.9 Å². The normalized spacial score (nSPS) is 10.6. The maximum Gasteiger partial charge on any atom is 0.208 e. The minimum Gasteiger partial charge on any atom is -0.317 e. The standard InChI is InChI=1S/C10H15N5/c1-4-15-7-8(2)11-10(15)12-9-5-6-14(3)13-9/h5-7H,4H2,1-3H3,(H,11,12,13). The zero-order valence-corrected chi connectivity index (χ0v) is 9.23. The van der Waals surface area contributed by atoms with Gasteiger partial charge >= 0.3 is 0 Å². The van der Waals surface area contributed by atoms with Crippen molar-refractivity contribution < 1.29 is 0 Å². The average molecular weight is 205 g/mol. The van der Waals surface area contributed by atoms with Crippen LogP contribution in [0.25, 0.3) is 0 Å². The third kappa shape index (κ3) is 2.01. The highest BCUT2D eigenvalue weighted by Gasteiger charge is 2.05. The summed E-state index contributed by atoms with van der Waals surface area (Å²) in [7, 11) is 1.89. The molecule has 0 amide bonds. The Hall–Kier alpha value is -1.78. The first kappa shape index (κ1) is 9.76. The molecule has 0 saturated carbocycles. The van der Waals surface area contributed by atoms with Crippen LogP contribution in [-0.2, 0) is 13.6 Å². The van der Waals surface area contributed by atoms with Gasteiger partial charge in [0.1, 0.15) is 0 Å². The van der Waals surface area contributed by atoms with Crippen LogP contribution in [0.1, 0.15) is 12.6 Å². The molecule has 2 rings (SSSR count). The quantitative estimate of drug-likeness (QED) is 0.829. The number of rotatable bonds is 3. The Morgan fingerprint density at radius 1 is 1.47 bits per heavy atom. The minimum atomic E-state index is 0.817. The molecule has 2 aromatic heterocycles. The van der Waals surface area contributed by atoms with Gasteiger partial charge in [0.15, 0.2) is 5.82 Å². The molecule has 0 aliphatic rings. The summed E-state index contributed by atoms with van der Waals surface area (Å²) < 4.78 is 3.82. The Labute approximate surface area is 88.7 Å². The predicted octanol–water partition coefficient (Wildman–Crippen LogP) is 1.69. The van der Waals surface area contributed by atoms with E-state index in [9.17, 15) is 0 Å². The summed E-state index contributed by atoms with van der Waals surface area (Å²) in [6.07, 6.45) is 3.92. The molecule has 0 aliphatic heterocycles. The number of imidazole rings is 1. The summed E-state index contributed by atoms with van der Waals surface area (Å²) in [6.45, 7) is 4.97. The van der Waals surface area contributed by atoms with E-state index in [4.69, 9.17) is 0 Å². The summed E-state index contributed by atoms with van der Waals surface area (Å²) in [6, 6.07) is 1.92. The third-order valence-corrected chi connectivity index (χ3v) is 2.19. The first-order valence-corrected chi connectivity index (χ1v) is 4.99. The Balaban J connectivity index is 2.23. The molecule has 0 aliphatic carbocycles. The fourth-order valence-corrected chi connectivity index (χ4v) is 1.48. The van der Waals surface area contributed by atoms with Crippen molar-refractivity contribution in [3.63, 3.8) is 0 Å². The molecule has 5 heteroatoms. The van der Waals surface area contributed by atoms with E-state index < -0.39 is 0 Å². The van der Waals surface area contributed by atoms with Gasteiger partial charge in [-0.2, -0.15) is 5.10 Å². The SMILES string of the molecule is CCn1cc(C)nc1Nc1ccn(C)n1. The topological polar surface area (TPSA) is 47.7 Å². The van der Waals surface area contributed by atoms with Crippen LogP contribution in [0.4, 0.5) is 11.8 Å². The molecule has 0 saturated heterocycles. The van der Waals surface area contributed by atoms with Crippen molar-refractivity contribution in [3.8, 4) is 0 Å². The highest BCUT2D eigenvalue weighted by molar-refractivity contribution is 5.47. The van der Waals surface area contributed by atoms with Crippen LogP contribution in [0.15, 0.2) is 18.5 Å². The molecule has 0 fully saturated rings. The lowest BCUT2D eigenvalue weighted by Crippen LogP contribution is -2.02. The van der Waals surface area contributed by atoms with E-state index in [-0.39, 0.29) is 0 Å². The Morgan fingerprint density at radius 2 is 2.27 bits per heavy atom. The van der Waals surface area contributed by atoms with Crippen molar-refractivity contribution in [3.05, 3.63) is 24.2 Å². The highest BCUT2D eigenvalue weighted by atomic mass is 15.3. The van der Waals surface area contributed by atoms with Crippen molar-refractivity contribution in [2.45, 2.75) is 20.4 Å². The summed E-state index contributed by atoms with van der Waals surface area (Å²) in [4.78, 5) is 4.39. The molecule has 0 radical (unpaired) electrons. The third-order valence-electron chi connectivity index (χ3n) is 2.19. The van der Waals surface area contributed by atoms with Gasteiger partial charge in [0.2, 0.25) is 5.95 Å². The molecule has 0 aromatic carbocycles. The molecule has 80 valence electrons. The second-order valence-electron chi connectivity index (χ2n) is 3.49. The van der Waals surface area contributed by atoms with Crippen LogP contribution in [-0.4, -0.2) is 19.3 Å². The van der Waals surface area contributed by atoms with E-state index >= 15 is 0 Å². The predicted molar refractivity (Wildman–Crippen MR) is 59.1 cm³/mol. The minimum absolute atomic E-state index is 0.817. The second-order valence-corrected chi connectivity index (χ2v) is 3.49. The van der Waals surface area contributed by atoms with Crippen molar-refractivity contribution in [2.24, 2.45) is 7.05 Å². The Kier molecular flexibility index (Phi) is 2.45. The fourth-order valence-electron chi connectivity index (χ4n) is 1.48. The molecular formula is C10H15N5. The zero-order valence-electron chi connectivity index (χ0n) is 9.23. The molecule has 1 N–H and O–H groups in total. The van der Waals surface area contributed by atoms with Crippen molar-refractivity contribution in [1.29, 1.82) is 0 Å². The van der Waals surface area contributed by atoms with Gasteiger partial charge in [0, 0.05) is 32.1 Å². The molecule has 5 nitrogen and oxygen atoms in total. The maximum atomic E-state index is 4.39. The lowest BCUT2D eigenvalue weighted by atomic mass is 10.6. The molecule has 0 atom stereocenters. The number of anilines is 2. The van der Waals surface area contributed by atoms with E-state index in [1.165, 1.54) is 0 Å². The molecule has 0 spiro atoms. The van der Waals surface area contributed by atoms with E-state index in [0.29, 0.717) is 0 Å². The zero-order chi connectivity index (χ0) is 10.8. The summed E-state index contributed by atoms with van der Waals surface area (Å²) in [5, 5.41) is 7.43. The highest BCUT2D eigenvalue weighted by Crippen LogP contribution is 2.13. The Morgan fingerprint density at radius 3 is 2.87 bits per heavy atom. The van der Waals surface area contributed by atoms with Crippen LogP contribution >= 0.6 is 0 Å². The largest absolute Gasteiger partial charge is 0.317 e. The van der Waals surface area contributed by atoms with Gasteiger partial charge in [-0.25, -0.2) is 4.98 Å². The number of hydrogen-bond acceptors (Lipinski definition) is 3. The van der Waals surface area contributed by atoms with Crippen molar-refractivity contribution >= 4 is 11.8 Å². The van der Waals surface area contributed by atoms with Crippen LogP contribution < -0.4 is 5.32 Å². The fraction of sp³-hybridized carbons (Fsp3) is 0.400. The monoisotopic (exact) mass is 205 g/mol. The van der Waals surface area contributed by atoms with Crippen molar-refractivity contribution in [1.82, 2.24) is 19.3 Å². The molecule has 2 heterocycles. The number of nitrogens with one attached hydrogen (secondary N) is 1. The van der Waals surface area contributed by atoms with Gasteiger partial charge in [0.05, 0.1) is 5.69 Å². The molecule has 0 unspecified atom stereocenters. The molecule has 2 aromatic rings. The number of aryl methyl sites for hydroxylation is 3. The van der Waals surface area contributed by atoms with E-state index in [1.54, 1.807) is 4.68 Å². The van der Waals surface area contributed by atoms with Crippen LogP contribution in [0.5, 0.6) is 0 Å². The van der Waals surface area contributed by atoms with Gasteiger partial charge in [0.25, 0.3) is 0 Å². The van der Waals surface area contributed by atoms with Gasteiger partial charge in [-0.15, -0.1) is 0 Å². The first-order chi connectivity index (χ1) is 7.19.